The second-order valence-corrected chi connectivity index (χ2v) is 11.3. The standard InChI is InChI=1S/C27H31NO5S2/c1-31-20-11-19(12-21(14-20)32-2)23-13-18(5-3-4-8-29)24(33-23)15-25-26(30)28(27(34)35-25)22-10-16-6-7-17(22)9-16/h11-17,22,29H,3-10H2,1-2H3/b25-15+. The molecule has 5 rings (SSSR count). The molecule has 2 saturated carbocycles. The lowest BCUT2D eigenvalue weighted by Gasteiger charge is -2.30. The molecule has 35 heavy (non-hydrogen) atoms. The summed E-state index contributed by atoms with van der Waals surface area (Å²) in [5.41, 5.74) is 1.83. The molecule has 1 aromatic heterocycles. The van der Waals surface area contributed by atoms with Crippen molar-refractivity contribution in [3.05, 3.63) is 40.5 Å². The molecule has 2 aliphatic carbocycles. The highest BCUT2D eigenvalue weighted by Crippen LogP contribution is 2.49. The number of carbonyl (C=O) groups excluding carboxylic acids is 1. The Kier molecular flexibility index (Phi) is 7.23. The summed E-state index contributed by atoms with van der Waals surface area (Å²) < 4.78 is 17.8. The molecule has 3 fully saturated rings. The third-order valence-electron chi connectivity index (χ3n) is 7.45. The smallest absolute Gasteiger partial charge is 0.266 e. The average Bonchev–Trinajstić information content (AvgIpc) is 3.64. The fourth-order valence-corrected chi connectivity index (χ4v) is 7.04. The number of methoxy groups -OCH3 is 2. The highest BCUT2D eigenvalue weighted by Gasteiger charge is 2.48. The number of aryl methyl sites for hydroxylation is 1. The van der Waals surface area contributed by atoms with Gasteiger partial charge >= 0.3 is 0 Å². The fourth-order valence-electron chi connectivity index (χ4n) is 5.69. The Bertz CT molecular complexity index is 1130. The summed E-state index contributed by atoms with van der Waals surface area (Å²) in [7, 11) is 3.23. The van der Waals surface area contributed by atoms with Gasteiger partial charge in [-0.2, -0.15) is 0 Å². The lowest BCUT2D eigenvalue weighted by molar-refractivity contribution is -0.124. The predicted molar refractivity (Wildman–Crippen MR) is 142 cm³/mol. The largest absolute Gasteiger partial charge is 0.497 e. The number of thioether (sulfide) groups is 1. The summed E-state index contributed by atoms with van der Waals surface area (Å²) in [6.45, 7) is 0.148. The van der Waals surface area contributed by atoms with Gasteiger partial charge in [0, 0.05) is 30.4 Å². The van der Waals surface area contributed by atoms with Crippen LogP contribution in [0.4, 0.5) is 0 Å². The summed E-state index contributed by atoms with van der Waals surface area (Å²) >= 11 is 7.03. The number of thiocarbonyl (C=S) groups is 1. The molecule has 1 saturated heterocycles. The van der Waals surface area contributed by atoms with Crippen molar-refractivity contribution in [1.82, 2.24) is 4.90 Å². The molecule has 0 radical (unpaired) electrons. The quantitative estimate of drug-likeness (QED) is 0.263. The SMILES string of the molecule is COc1cc(OC)cc(-c2cc(CCCCO)c(/C=C3/SC(=S)N(C4CC5CCC4C5)C3=O)o2)c1. The number of furan rings is 1. The number of amides is 1. The first-order chi connectivity index (χ1) is 17.0. The van der Waals surface area contributed by atoms with Gasteiger partial charge in [0.25, 0.3) is 5.91 Å². The molecule has 1 amide bonds. The topological polar surface area (TPSA) is 72.1 Å². The molecule has 2 heterocycles. The highest BCUT2D eigenvalue weighted by atomic mass is 32.2. The van der Waals surface area contributed by atoms with Crippen molar-refractivity contribution in [1.29, 1.82) is 0 Å². The van der Waals surface area contributed by atoms with Crippen LogP contribution in [0.15, 0.2) is 33.6 Å². The van der Waals surface area contributed by atoms with E-state index in [4.69, 9.17) is 26.1 Å². The van der Waals surface area contributed by atoms with Crippen molar-refractivity contribution in [3.63, 3.8) is 0 Å². The number of hydrogen-bond donors (Lipinski definition) is 1. The predicted octanol–water partition coefficient (Wildman–Crippen LogP) is 5.67. The van der Waals surface area contributed by atoms with E-state index in [2.05, 4.69) is 0 Å². The van der Waals surface area contributed by atoms with Gasteiger partial charge in [-0.15, -0.1) is 0 Å². The van der Waals surface area contributed by atoms with E-state index in [0.717, 1.165) is 36.3 Å². The van der Waals surface area contributed by atoms with Gasteiger partial charge in [-0.1, -0.05) is 30.4 Å². The number of rotatable bonds is 9. The average molecular weight is 514 g/mol. The first-order valence-corrected chi connectivity index (χ1v) is 13.5. The van der Waals surface area contributed by atoms with Crippen LogP contribution in [0.3, 0.4) is 0 Å². The number of aliphatic hydroxyl groups excluding tert-OH is 1. The van der Waals surface area contributed by atoms with Gasteiger partial charge in [0.05, 0.1) is 19.1 Å². The van der Waals surface area contributed by atoms with Crippen LogP contribution in [0.2, 0.25) is 0 Å². The van der Waals surface area contributed by atoms with Gasteiger partial charge < -0.3 is 19.0 Å². The number of unbranched alkanes of at least 4 members (excludes halogenated alkanes) is 1. The Balaban J connectivity index is 1.46. The molecule has 1 N–H and O–H groups in total. The number of ether oxygens (including phenoxy) is 2. The maximum Gasteiger partial charge on any atom is 0.266 e. The van der Waals surface area contributed by atoms with E-state index in [0.29, 0.717) is 44.6 Å². The Hall–Kier alpha value is -2.29. The van der Waals surface area contributed by atoms with Crippen molar-refractivity contribution in [2.75, 3.05) is 20.8 Å². The molecule has 1 aromatic carbocycles. The number of carbonyl (C=O) groups is 1. The molecular formula is C27H31NO5S2. The van der Waals surface area contributed by atoms with Crippen molar-refractivity contribution in [2.24, 2.45) is 11.8 Å². The van der Waals surface area contributed by atoms with Crippen molar-refractivity contribution in [3.8, 4) is 22.8 Å². The third kappa shape index (κ3) is 4.88. The summed E-state index contributed by atoms with van der Waals surface area (Å²) in [6.07, 6.45) is 8.90. The third-order valence-corrected chi connectivity index (χ3v) is 8.78. The molecule has 2 aromatic rings. The lowest BCUT2D eigenvalue weighted by atomic mass is 9.94. The van der Waals surface area contributed by atoms with Crippen LogP contribution in [0, 0.1) is 11.8 Å². The molecule has 3 unspecified atom stereocenters. The van der Waals surface area contributed by atoms with Crippen LogP contribution < -0.4 is 9.47 Å². The Morgan fingerprint density at radius 3 is 2.54 bits per heavy atom. The minimum Gasteiger partial charge on any atom is -0.497 e. The van der Waals surface area contributed by atoms with Gasteiger partial charge in [-0.25, -0.2) is 0 Å². The van der Waals surface area contributed by atoms with Crippen LogP contribution in [-0.4, -0.2) is 47.1 Å². The highest BCUT2D eigenvalue weighted by molar-refractivity contribution is 8.26. The zero-order valence-electron chi connectivity index (χ0n) is 20.1. The minimum absolute atomic E-state index is 0.000132. The molecular weight excluding hydrogens is 482 g/mol. The van der Waals surface area contributed by atoms with E-state index < -0.39 is 0 Å². The molecule has 1 aliphatic heterocycles. The zero-order valence-corrected chi connectivity index (χ0v) is 21.8. The molecule has 2 bridgehead atoms. The summed E-state index contributed by atoms with van der Waals surface area (Å²) in [5, 5.41) is 9.25. The Morgan fingerprint density at radius 2 is 1.91 bits per heavy atom. The normalized spacial score (nSPS) is 24.7. The van der Waals surface area contributed by atoms with E-state index in [1.165, 1.54) is 31.0 Å². The maximum absolute atomic E-state index is 13.4. The van der Waals surface area contributed by atoms with Gasteiger partial charge in [0.2, 0.25) is 0 Å². The number of aliphatic hydroxyl groups is 1. The van der Waals surface area contributed by atoms with E-state index in [-0.39, 0.29) is 18.6 Å². The van der Waals surface area contributed by atoms with Crippen LogP contribution in [0.25, 0.3) is 17.4 Å². The van der Waals surface area contributed by atoms with Gasteiger partial charge in [-0.3, -0.25) is 9.69 Å². The number of fused-ring (bicyclic) bond motifs is 2. The van der Waals surface area contributed by atoms with E-state index >= 15 is 0 Å². The summed E-state index contributed by atoms with van der Waals surface area (Å²) in [6, 6.07) is 7.87. The molecule has 8 heteroatoms. The van der Waals surface area contributed by atoms with Crippen LogP contribution in [0.5, 0.6) is 11.5 Å². The molecule has 6 nitrogen and oxygen atoms in total. The Morgan fingerprint density at radius 1 is 1.14 bits per heavy atom. The maximum atomic E-state index is 13.4. The molecule has 3 aliphatic rings. The van der Waals surface area contributed by atoms with Crippen LogP contribution in [0.1, 0.15) is 49.8 Å². The summed E-state index contributed by atoms with van der Waals surface area (Å²) in [5.74, 6) is 4.00. The van der Waals surface area contributed by atoms with Gasteiger partial charge in [-0.05, 0) is 74.1 Å². The van der Waals surface area contributed by atoms with Crippen LogP contribution >= 0.6 is 24.0 Å². The Labute approximate surface area is 215 Å². The van der Waals surface area contributed by atoms with Crippen molar-refractivity contribution >= 4 is 40.3 Å². The minimum atomic E-state index is -0.000132. The second kappa shape index (κ2) is 10.4. The van der Waals surface area contributed by atoms with Gasteiger partial charge in [0.1, 0.15) is 27.3 Å². The number of nitrogens with zero attached hydrogens (tertiary/aromatic N) is 1. The number of hydrogen-bond acceptors (Lipinski definition) is 7. The van der Waals surface area contributed by atoms with E-state index in [9.17, 15) is 9.90 Å². The van der Waals surface area contributed by atoms with Crippen LogP contribution in [-0.2, 0) is 11.2 Å². The zero-order chi connectivity index (χ0) is 24.5. The van der Waals surface area contributed by atoms with Crippen molar-refractivity contribution < 1.29 is 23.8 Å². The lowest BCUT2D eigenvalue weighted by Crippen LogP contribution is -2.41. The van der Waals surface area contributed by atoms with Crippen molar-refractivity contribution in [2.45, 2.75) is 51.0 Å². The first-order valence-electron chi connectivity index (χ1n) is 12.2. The van der Waals surface area contributed by atoms with E-state index in [1.807, 2.05) is 35.2 Å². The molecule has 0 spiro atoms. The van der Waals surface area contributed by atoms with Gasteiger partial charge in [0.15, 0.2) is 0 Å². The first kappa shape index (κ1) is 24.4. The second-order valence-electron chi connectivity index (χ2n) is 9.58. The molecule has 186 valence electrons. The summed E-state index contributed by atoms with van der Waals surface area (Å²) in [4.78, 5) is 15.9. The molecule has 3 atom stereocenters. The fraction of sp³-hybridized carbons (Fsp3) is 0.481. The number of benzene rings is 1. The van der Waals surface area contributed by atoms with E-state index in [1.54, 1.807) is 14.2 Å². The monoisotopic (exact) mass is 513 g/mol.